The first-order valence-electron chi connectivity index (χ1n) is 6.81. The number of nitrogens with one attached hydrogen (secondary N) is 1. The molecule has 0 heterocycles. The number of carbonyl (C=O) groups excluding carboxylic acids is 1. The molecule has 1 rings (SSSR count). The molecule has 0 radical (unpaired) electrons. The fraction of sp³-hybridized carbons (Fsp3) is 0.923. The zero-order chi connectivity index (χ0) is 14.5. The largest absolute Gasteiger partial charge is 0.390 e. The van der Waals surface area contributed by atoms with Crippen molar-refractivity contribution in [3.05, 3.63) is 0 Å². The summed E-state index contributed by atoms with van der Waals surface area (Å²) in [6.07, 6.45) is -0.885. The zero-order valence-corrected chi connectivity index (χ0v) is 11.6. The number of nitrogens with zero attached hydrogens (tertiary/aromatic N) is 1. The van der Waals surface area contributed by atoms with Crippen molar-refractivity contribution in [3.63, 3.8) is 0 Å². The fourth-order valence-electron chi connectivity index (χ4n) is 2.32. The monoisotopic (exact) mass is 280 g/mol. The van der Waals surface area contributed by atoms with Gasteiger partial charge < -0.3 is 5.32 Å². The van der Waals surface area contributed by atoms with E-state index in [1.165, 1.54) is 11.9 Å². The number of rotatable bonds is 5. The van der Waals surface area contributed by atoms with Crippen LogP contribution >= 0.6 is 0 Å². The van der Waals surface area contributed by atoms with Crippen LogP contribution in [-0.2, 0) is 4.79 Å². The number of carbonyl (C=O) groups is 1. The van der Waals surface area contributed by atoms with Gasteiger partial charge in [-0.25, -0.2) is 0 Å². The average molecular weight is 280 g/mol. The molecule has 6 heteroatoms. The predicted molar refractivity (Wildman–Crippen MR) is 67.7 cm³/mol. The second kappa shape index (κ2) is 7.12. The summed E-state index contributed by atoms with van der Waals surface area (Å²) < 4.78 is 36.1. The van der Waals surface area contributed by atoms with Crippen LogP contribution in [0, 0.1) is 5.92 Å². The van der Waals surface area contributed by atoms with E-state index < -0.39 is 12.6 Å². The van der Waals surface area contributed by atoms with Crippen LogP contribution in [0.25, 0.3) is 0 Å². The average Bonchev–Trinajstić information content (AvgIpc) is 2.29. The lowest BCUT2D eigenvalue weighted by Gasteiger charge is -2.27. The first-order valence-corrected chi connectivity index (χ1v) is 6.81. The van der Waals surface area contributed by atoms with Crippen molar-refractivity contribution < 1.29 is 18.0 Å². The molecule has 1 saturated carbocycles. The van der Waals surface area contributed by atoms with E-state index >= 15 is 0 Å². The Morgan fingerprint density at radius 3 is 2.37 bits per heavy atom. The van der Waals surface area contributed by atoms with E-state index in [-0.39, 0.29) is 25.0 Å². The number of hydrogen-bond donors (Lipinski definition) is 1. The Hall–Kier alpha value is -0.780. The summed E-state index contributed by atoms with van der Waals surface area (Å²) in [4.78, 5) is 13.1. The Labute approximate surface area is 112 Å². The third kappa shape index (κ3) is 7.40. The Bertz CT molecular complexity index is 286. The number of halogens is 3. The molecule has 1 N–H and O–H groups in total. The highest BCUT2D eigenvalue weighted by Crippen LogP contribution is 2.23. The van der Waals surface area contributed by atoms with E-state index in [1.807, 2.05) is 0 Å². The lowest BCUT2D eigenvalue weighted by Crippen LogP contribution is -2.43. The van der Waals surface area contributed by atoms with E-state index in [1.54, 1.807) is 0 Å². The van der Waals surface area contributed by atoms with Gasteiger partial charge in [0, 0.05) is 12.6 Å². The number of likely N-dealkylation sites (N-methyl/N-ethyl adjacent to an activating group) is 1. The number of hydrogen-bond acceptors (Lipinski definition) is 2. The smallest absolute Gasteiger partial charge is 0.352 e. The lowest BCUT2D eigenvalue weighted by molar-refractivity contribution is -0.139. The third-order valence-corrected chi connectivity index (χ3v) is 3.57. The summed E-state index contributed by atoms with van der Waals surface area (Å²) in [5, 5.41) is 2.91. The SMILES string of the molecule is CC1CCC(NC(=O)CN(C)CCC(F)(F)F)CC1. The maximum absolute atomic E-state index is 12.0. The van der Waals surface area contributed by atoms with Crippen molar-refractivity contribution in [2.24, 2.45) is 5.92 Å². The molecule has 112 valence electrons. The maximum atomic E-state index is 12.0. The fourth-order valence-corrected chi connectivity index (χ4v) is 2.32. The lowest BCUT2D eigenvalue weighted by atomic mass is 9.87. The summed E-state index contributed by atoms with van der Waals surface area (Å²) in [6, 6.07) is 0.194. The van der Waals surface area contributed by atoms with E-state index in [0.29, 0.717) is 5.92 Å². The summed E-state index contributed by atoms with van der Waals surface area (Å²) in [7, 11) is 1.54. The van der Waals surface area contributed by atoms with Gasteiger partial charge in [-0.15, -0.1) is 0 Å². The highest BCUT2D eigenvalue weighted by molar-refractivity contribution is 5.78. The van der Waals surface area contributed by atoms with E-state index in [9.17, 15) is 18.0 Å². The van der Waals surface area contributed by atoms with Gasteiger partial charge in [0.2, 0.25) is 5.91 Å². The molecule has 1 fully saturated rings. The van der Waals surface area contributed by atoms with Crippen LogP contribution in [0.3, 0.4) is 0 Å². The Morgan fingerprint density at radius 1 is 1.26 bits per heavy atom. The molecule has 0 unspecified atom stereocenters. The van der Waals surface area contributed by atoms with Gasteiger partial charge in [0.1, 0.15) is 0 Å². The molecule has 0 aromatic rings. The second-order valence-corrected chi connectivity index (χ2v) is 5.63. The molecule has 0 atom stereocenters. The standard InChI is InChI=1S/C13H23F3N2O/c1-10-3-5-11(6-4-10)17-12(19)9-18(2)8-7-13(14,15)16/h10-11H,3-9H2,1-2H3,(H,17,19). The molecule has 1 amide bonds. The molecule has 0 bridgehead atoms. The van der Waals surface area contributed by atoms with Crippen LogP contribution in [0.4, 0.5) is 13.2 Å². The van der Waals surface area contributed by atoms with Crippen LogP contribution in [0.5, 0.6) is 0 Å². The molecule has 19 heavy (non-hydrogen) atoms. The van der Waals surface area contributed by atoms with Gasteiger partial charge >= 0.3 is 6.18 Å². The van der Waals surface area contributed by atoms with E-state index in [2.05, 4.69) is 12.2 Å². The molecule has 1 aliphatic carbocycles. The van der Waals surface area contributed by atoms with Gasteiger partial charge in [-0.2, -0.15) is 13.2 Å². The van der Waals surface area contributed by atoms with Crippen molar-refractivity contribution in [1.29, 1.82) is 0 Å². The normalized spacial score (nSPS) is 24.5. The molecule has 0 spiro atoms. The highest BCUT2D eigenvalue weighted by atomic mass is 19.4. The molecule has 3 nitrogen and oxygen atoms in total. The van der Waals surface area contributed by atoms with Crippen LogP contribution < -0.4 is 5.32 Å². The van der Waals surface area contributed by atoms with Crippen LogP contribution in [0.15, 0.2) is 0 Å². The maximum Gasteiger partial charge on any atom is 0.390 e. The van der Waals surface area contributed by atoms with Crippen molar-refractivity contribution >= 4 is 5.91 Å². The van der Waals surface area contributed by atoms with Gasteiger partial charge in [-0.05, 0) is 38.6 Å². The minimum Gasteiger partial charge on any atom is -0.352 e. The van der Waals surface area contributed by atoms with Crippen molar-refractivity contribution in [2.45, 2.75) is 51.2 Å². The number of alkyl halides is 3. The second-order valence-electron chi connectivity index (χ2n) is 5.63. The summed E-state index contributed by atoms with van der Waals surface area (Å²) in [5.41, 5.74) is 0. The van der Waals surface area contributed by atoms with E-state index in [4.69, 9.17) is 0 Å². The van der Waals surface area contributed by atoms with Crippen LogP contribution in [0.2, 0.25) is 0 Å². The molecular weight excluding hydrogens is 257 g/mol. The molecule has 0 aromatic heterocycles. The van der Waals surface area contributed by atoms with Crippen LogP contribution in [0.1, 0.15) is 39.0 Å². The first kappa shape index (κ1) is 16.3. The van der Waals surface area contributed by atoms with Crippen molar-refractivity contribution in [3.8, 4) is 0 Å². The van der Waals surface area contributed by atoms with Gasteiger partial charge in [-0.3, -0.25) is 9.69 Å². The summed E-state index contributed by atoms with van der Waals surface area (Å²) in [5.74, 6) is 0.534. The summed E-state index contributed by atoms with van der Waals surface area (Å²) in [6.45, 7) is 2.09. The van der Waals surface area contributed by atoms with Gasteiger partial charge in [-0.1, -0.05) is 6.92 Å². The minimum absolute atomic E-state index is 0.0299. The van der Waals surface area contributed by atoms with E-state index in [0.717, 1.165) is 25.7 Å². The van der Waals surface area contributed by atoms with Gasteiger partial charge in [0.05, 0.1) is 13.0 Å². The topological polar surface area (TPSA) is 32.3 Å². The predicted octanol–water partition coefficient (Wildman–Crippen LogP) is 2.57. The van der Waals surface area contributed by atoms with Crippen molar-refractivity contribution in [1.82, 2.24) is 10.2 Å². The Kier molecular flexibility index (Phi) is 6.10. The molecular formula is C13H23F3N2O. The first-order chi connectivity index (χ1) is 8.76. The van der Waals surface area contributed by atoms with Crippen LogP contribution in [-0.4, -0.2) is 43.2 Å². The quantitative estimate of drug-likeness (QED) is 0.839. The zero-order valence-electron chi connectivity index (χ0n) is 11.6. The third-order valence-electron chi connectivity index (χ3n) is 3.57. The van der Waals surface area contributed by atoms with Gasteiger partial charge in [0.25, 0.3) is 0 Å². The molecule has 1 aliphatic rings. The Morgan fingerprint density at radius 2 is 1.84 bits per heavy atom. The van der Waals surface area contributed by atoms with Gasteiger partial charge in [0.15, 0.2) is 0 Å². The molecule has 0 saturated heterocycles. The summed E-state index contributed by atoms with van der Waals surface area (Å²) >= 11 is 0. The minimum atomic E-state index is -4.16. The van der Waals surface area contributed by atoms with Crippen molar-refractivity contribution in [2.75, 3.05) is 20.1 Å². The molecule has 0 aromatic carbocycles. The molecule has 0 aliphatic heterocycles. The highest BCUT2D eigenvalue weighted by Gasteiger charge is 2.27. The number of amides is 1. The Balaban J connectivity index is 2.19.